The molecule has 0 bridgehead atoms. The second-order valence-electron chi connectivity index (χ2n) is 4.81. The monoisotopic (exact) mass is 364 g/mol. The van der Waals surface area contributed by atoms with Crippen molar-refractivity contribution in [1.29, 1.82) is 0 Å². The summed E-state index contributed by atoms with van der Waals surface area (Å²) in [5.74, 6) is 7.21. The lowest BCUT2D eigenvalue weighted by Gasteiger charge is -2.04. The molecule has 0 aliphatic carbocycles. The maximum Gasteiger partial charge on any atom is 0.210 e. The molecule has 3 aromatic rings. The van der Waals surface area contributed by atoms with Crippen LogP contribution in [0.3, 0.4) is 0 Å². The highest BCUT2D eigenvalue weighted by atomic mass is 32.2. The molecule has 0 saturated heterocycles. The van der Waals surface area contributed by atoms with Crippen LogP contribution in [0.1, 0.15) is 0 Å². The summed E-state index contributed by atoms with van der Waals surface area (Å²) >= 11 is 2.85. The molecule has 0 radical (unpaired) electrons. The van der Waals surface area contributed by atoms with E-state index < -0.39 is 0 Å². The van der Waals surface area contributed by atoms with Gasteiger partial charge in [0.15, 0.2) is 5.82 Å². The Bertz CT molecular complexity index is 838. The first-order valence-corrected chi connectivity index (χ1v) is 9.09. The van der Waals surface area contributed by atoms with Gasteiger partial charge >= 0.3 is 0 Å². The van der Waals surface area contributed by atoms with Gasteiger partial charge < -0.3 is 5.84 Å². The van der Waals surface area contributed by atoms with Crippen molar-refractivity contribution in [3.63, 3.8) is 0 Å². The molecule has 2 N–H and O–H groups in total. The maximum absolute atomic E-state index is 13.5. The highest BCUT2D eigenvalue weighted by Crippen LogP contribution is 2.25. The number of nitrogens with two attached hydrogens (primary N) is 1. The summed E-state index contributed by atoms with van der Waals surface area (Å²) < 4.78 is 28.2. The molecule has 0 atom stereocenters. The molecule has 0 saturated carbocycles. The molecule has 2 aromatic carbocycles. The predicted octanol–water partition coefficient (Wildman–Crippen LogP) is 3.82. The minimum atomic E-state index is -0.356. The van der Waals surface area contributed by atoms with Crippen molar-refractivity contribution in [2.24, 2.45) is 0 Å². The van der Waals surface area contributed by atoms with Gasteiger partial charge in [-0.25, -0.2) is 13.5 Å². The van der Waals surface area contributed by atoms with E-state index in [2.05, 4.69) is 10.2 Å². The van der Waals surface area contributed by atoms with E-state index in [-0.39, 0.29) is 11.6 Å². The van der Waals surface area contributed by atoms with Gasteiger partial charge in [-0.05, 0) is 24.3 Å². The quantitative estimate of drug-likeness (QED) is 0.409. The minimum Gasteiger partial charge on any atom is -0.335 e. The van der Waals surface area contributed by atoms with Crippen LogP contribution in [0.2, 0.25) is 0 Å². The third-order valence-electron chi connectivity index (χ3n) is 3.16. The number of hydrogen-bond acceptors (Lipinski definition) is 5. The van der Waals surface area contributed by atoms with Crippen molar-refractivity contribution in [3.8, 4) is 11.4 Å². The fourth-order valence-electron chi connectivity index (χ4n) is 2.05. The topological polar surface area (TPSA) is 56.7 Å². The second kappa shape index (κ2) is 7.67. The number of aromatic nitrogens is 3. The highest BCUT2D eigenvalue weighted by molar-refractivity contribution is 8.02. The molecule has 4 nitrogen and oxygen atoms in total. The van der Waals surface area contributed by atoms with Crippen LogP contribution < -0.4 is 5.84 Å². The smallest absolute Gasteiger partial charge is 0.210 e. The fourth-order valence-corrected chi connectivity index (χ4v) is 3.82. The van der Waals surface area contributed by atoms with E-state index in [1.807, 2.05) is 0 Å². The Morgan fingerprint density at radius 1 is 0.958 bits per heavy atom. The predicted molar refractivity (Wildman–Crippen MR) is 93.4 cm³/mol. The second-order valence-corrected chi connectivity index (χ2v) is 7.01. The van der Waals surface area contributed by atoms with Crippen LogP contribution >= 0.6 is 23.5 Å². The van der Waals surface area contributed by atoms with Crippen molar-refractivity contribution >= 4 is 23.5 Å². The molecule has 0 spiro atoms. The van der Waals surface area contributed by atoms with Crippen molar-refractivity contribution in [1.82, 2.24) is 14.9 Å². The van der Waals surface area contributed by atoms with Gasteiger partial charge in [0.1, 0.15) is 11.6 Å². The van der Waals surface area contributed by atoms with Crippen LogP contribution in [0.25, 0.3) is 11.4 Å². The summed E-state index contributed by atoms with van der Waals surface area (Å²) in [6.07, 6.45) is 0. The average molecular weight is 364 g/mol. The van der Waals surface area contributed by atoms with E-state index in [0.717, 1.165) is 0 Å². The van der Waals surface area contributed by atoms with Crippen LogP contribution in [0.4, 0.5) is 8.78 Å². The highest BCUT2D eigenvalue weighted by Gasteiger charge is 2.12. The number of benzene rings is 2. The summed E-state index contributed by atoms with van der Waals surface area (Å²) in [6, 6.07) is 12.7. The van der Waals surface area contributed by atoms with E-state index in [9.17, 15) is 8.78 Å². The number of hydrogen-bond donors (Lipinski definition) is 1. The summed E-state index contributed by atoms with van der Waals surface area (Å²) in [5, 5.41) is 8.57. The Kier molecular flexibility index (Phi) is 5.37. The zero-order valence-corrected chi connectivity index (χ0v) is 14.2. The molecular formula is C16H14F2N4S2. The Labute approximate surface area is 146 Å². The number of nitrogens with zero attached hydrogens (tertiary/aromatic N) is 3. The fraction of sp³-hybridized carbons (Fsp3) is 0.125. The number of rotatable bonds is 6. The number of nitrogen functional groups attached to an aromatic ring is 1. The van der Waals surface area contributed by atoms with Gasteiger partial charge in [-0.1, -0.05) is 36.0 Å². The Balaban J connectivity index is 1.60. The Hall–Kier alpha value is -2.06. The largest absolute Gasteiger partial charge is 0.335 e. The normalized spacial score (nSPS) is 10.9. The lowest BCUT2D eigenvalue weighted by Crippen LogP contribution is -2.11. The van der Waals surface area contributed by atoms with Crippen LogP contribution in [0.5, 0.6) is 0 Å². The molecule has 0 amide bonds. The lowest BCUT2D eigenvalue weighted by molar-refractivity contribution is 0.602. The maximum atomic E-state index is 13.5. The van der Waals surface area contributed by atoms with E-state index in [0.29, 0.717) is 32.9 Å². The third kappa shape index (κ3) is 3.88. The van der Waals surface area contributed by atoms with E-state index >= 15 is 0 Å². The minimum absolute atomic E-state index is 0.220. The van der Waals surface area contributed by atoms with Crippen LogP contribution in [0.15, 0.2) is 58.6 Å². The first-order chi connectivity index (χ1) is 11.6. The molecular weight excluding hydrogens is 350 g/mol. The van der Waals surface area contributed by atoms with Gasteiger partial charge in [-0.3, -0.25) is 0 Å². The molecule has 8 heteroatoms. The molecule has 0 unspecified atom stereocenters. The molecule has 0 aliphatic heterocycles. The van der Waals surface area contributed by atoms with E-state index in [1.54, 1.807) is 30.3 Å². The van der Waals surface area contributed by atoms with Crippen molar-refractivity contribution < 1.29 is 8.78 Å². The molecule has 0 aliphatic rings. The van der Waals surface area contributed by atoms with E-state index in [1.165, 1.54) is 46.4 Å². The molecule has 0 fully saturated rings. The molecule has 1 heterocycles. The summed E-state index contributed by atoms with van der Waals surface area (Å²) in [5.41, 5.74) is 0.567. The van der Waals surface area contributed by atoms with Crippen LogP contribution in [0, 0.1) is 11.6 Å². The van der Waals surface area contributed by atoms with Crippen molar-refractivity contribution in [2.45, 2.75) is 10.1 Å². The lowest BCUT2D eigenvalue weighted by atomic mass is 10.2. The van der Waals surface area contributed by atoms with Crippen LogP contribution in [-0.4, -0.2) is 26.4 Å². The SMILES string of the molecule is Nn1c(SCCSc2ccccc2F)nnc1-c1cccc(F)c1. The third-order valence-corrected chi connectivity index (χ3v) is 5.41. The van der Waals surface area contributed by atoms with Crippen molar-refractivity contribution in [3.05, 3.63) is 60.2 Å². The summed E-state index contributed by atoms with van der Waals surface area (Å²) in [6.45, 7) is 0. The Morgan fingerprint density at radius 3 is 2.54 bits per heavy atom. The van der Waals surface area contributed by atoms with Gasteiger partial charge in [0.25, 0.3) is 0 Å². The van der Waals surface area contributed by atoms with Gasteiger partial charge in [0, 0.05) is 22.0 Å². The zero-order chi connectivity index (χ0) is 16.9. The first-order valence-electron chi connectivity index (χ1n) is 7.11. The first kappa shape index (κ1) is 16.8. The van der Waals surface area contributed by atoms with Crippen LogP contribution in [-0.2, 0) is 0 Å². The van der Waals surface area contributed by atoms with E-state index in [4.69, 9.17) is 5.84 Å². The molecule has 24 heavy (non-hydrogen) atoms. The van der Waals surface area contributed by atoms with Gasteiger partial charge in [-0.2, -0.15) is 0 Å². The Morgan fingerprint density at radius 2 is 1.75 bits per heavy atom. The summed E-state index contributed by atoms with van der Waals surface area (Å²) in [4.78, 5) is 0.618. The van der Waals surface area contributed by atoms with Gasteiger partial charge in [-0.15, -0.1) is 22.0 Å². The van der Waals surface area contributed by atoms with Crippen molar-refractivity contribution in [2.75, 3.05) is 17.3 Å². The molecule has 124 valence electrons. The van der Waals surface area contributed by atoms with Gasteiger partial charge in [0.05, 0.1) is 0 Å². The zero-order valence-electron chi connectivity index (χ0n) is 12.5. The molecule has 1 aromatic heterocycles. The number of thioether (sulfide) groups is 2. The average Bonchev–Trinajstić information content (AvgIpc) is 2.94. The molecule has 3 rings (SSSR count). The number of halogens is 2. The summed E-state index contributed by atoms with van der Waals surface area (Å²) in [7, 11) is 0. The standard InChI is InChI=1S/C16H14F2N4S2/c17-12-5-3-4-11(10-12)15-20-21-16(22(15)19)24-9-8-23-14-7-2-1-6-13(14)18/h1-7,10H,8-9,19H2. The van der Waals surface area contributed by atoms with Gasteiger partial charge in [0.2, 0.25) is 5.16 Å².